The summed E-state index contributed by atoms with van der Waals surface area (Å²) in [7, 11) is 0. The van der Waals surface area contributed by atoms with Crippen molar-refractivity contribution in [2.45, 2.75) is 6.10 Å². The summed E-state index contributed by atoms with van der Waals surface area (Å²) < 4.78 is 5.46. The van der Waals surface area contributed by atoms with E-state index in [1.54, 1.807) is 12.4 Å². The van der Waals surface area contributed by atoms with Gasteiger partial charge < -0.3 is 10.1 Å². The lowest BCUT2D eigenvalue weighted by Gasteiger charge is -2.23. The van der Waals surface area contributed by atoms with E-state index in [0.29, 0.717) is 24.6 Å². The molecule has 1 N–H and O–H groups in total. The summed E-state index contributed by atoms with van der Waals surface area (Å²) in [5.74, 6) is -0.222. The van der Waals surface area contributed by atoms with Gasteiger partial charge in [0.2, 0.25) is 0 Å². The maximum Gasteiger partial charge on any atom is 0.259 e. The average Bonchev–Trinajstić information content (AvgIpc) is 2.89. The number of rotatable bonds is 2. The van der Waals surface area contributed by atoms with Gasteiger partial charge in [-0.3, -0.25) is 9.79 Å². The lowest BCUT2D eigenvalue weighted by Crippen LogP contribution is -2.46. The summed E-state index contributed by atoms with van der Waals surface area (Å²) in [6.07, 6.45) is 4.52. The highest BCUT2D eigenvalue weighted by molar-refractivity contribution is 6.17. The third-order valence-corrected chi connectivity index (χ3v) is 2.94. The molecule has 0 aliphatic carbocycles. The van der Waals surface area contributed by atoms with Gasteiger partial charge in [-0.1, -0.05) is 6.58 Å². The second-order valence-electron chi connectivity index (χ2n) is 4.33. The van der Waals surface area contributed by atoms with E-state index in [1.807, 2.05) is 12.1 Å². The van der Waals surface area contributed by atoms with E-state index in [9.17, 15) is 4.79 Å². The molecule has 3 heterocycles. The number of hydrogen-bond donors (Lipinski definition) is 1. The van der Waals surface area contributed by atoms with Gasteiger partial charge in [-0.25, -0.2) is 0 Å². The molecule has 0 spiro atoms. The van der Waals surface area contributed by atoms with Crippen LogP contribution >= 0.6 is 0 Å². The lowest BCUT2D eigenvalue weighted by molar-refractivity contribution is -0.130. The smallest absolute Gasteiger partial charge is 0.259 e. The fourth-order valence-electron chi connectivity index (χ4n) is 2.02. The van der Waals surface area contributed by atoms with Gasteiger partial charge >= 0.3 is 0 Å². The normalized spacial score (nSPS) is 22.8. The molecule has 0 aromatic carbocycles. The van der Waals surface area contributed by atoms with E-state index < -0.39 is 6.10 Å². The standard InChI is InChI=1S/C13H12N4O2/c1-8-7-19-12(13(18)17-8)11-4-10(5-14-11)9-2-3-15-16-6-9/h2-4,6,12H,1,5,7H2,(H,17,18). The van der Waals surface area contributed by atoms with Gasteiger partial charge in [-0.05, 0) is 17.7 Å². The Kier molecular flexibility index (Phi) is 2.92. The second-order valence-corrected chi connectivity index (χ2v) is 4.33. The van der Waals surface area contributed by atoms with Crippen LogP contribution in [0.1, 0.15) is 5.56 Å². The molecule has 1 saturated heterocycles. The zero-order valence-electron chi connectivity index (χ0n) is 10.2. The lowest BCUT2D eigenvalue weighted by atomic mass is 10.1. The molecule has 6 heteroatoms. The number of ether oxygens (including phenoxy) is 1. The molecule has 1 aromatic rings. The Bertz CT molecular complexity index is 592. The van der Waals surface area contributed by atoms with Crippen LogP contribution in [0.2, 0.25) is 0 Å². The minimum absolute atomic E-state index is 0.222. The number of aromatic nitrogens is 2. The molecule has 96 valence electrons. The van der Waals surface area contributed by atoms with Crippen molar-refractivity contribution in [1.29, 1.82) is 0 Å². The number of nitrogens with zero attached hydrogens (tertiary/aromatic N) is 3. The van der Waals surface area contributed by atoms with E-state index in [-0.39, 0.29) is 5.91 Å². The molecular weight excluding hydrogens is 244 g/mol. The third kappa shape index (κ3) is 2.30. The Balaban J connectivity index is 1.79. The molecule has 0 saturated carbocycles. The number of carbonyl (C=O) groups is 1. The number of aliphatic imine (C=N–C) groups is 1. The Morgan fingerprint density at radius 1 is 1.42 bits per heavy atom. The fraction of sp³-hybridized carbons (Fsp3) is 0.231. The molecule has 3 rings (SSSR count). The number of hydrogen-bond acceptors (Lipinski definition) is 5. The van der Waals surface area contributed by atoms with Gasteiger partial charge in [-0.15, -0.1) is 0 Å². The zero-order valence-corrected chi connectivity index (χ0v) is 10.2. The first-order valence-corrected chi connectivity index (χ1v) is 5.86. The quantitative estimate of drug-likeness (QED) is 0.828. The highest BCUT2D eigenvalue weighted by Gasteiger charge is 2.30. The van der Waals surface area contributed by atoms with Crippen LogP contribution in [0.15, 0.2) is 41.8 Å². The van der Waals surface area contributed by atoms with E-state index >= 15 is 0 Å². The summed E-state index contributed by atoms with van der Waals surface area (Å²) in [6.45, 7) is 4.50. The highest BCUT2D eigenvalue weighted by Crippen LogP contribution is 2.20. The SMILES string of the molecule is C=C1COC(C2=NCC(c3ccnnc3)=C2)C(=O)N1. The first kappa shape index (κ1) is 11.7. The van der Waals surface area contributed by atoms with Crippen LogP contribution in [0.25, 0.3) is 5.57 Å². The average molecular weight is 256 g/mol. The predicted molar refractivity (Wildman–Crippen MR) is 69.3 cm³/mol. The van der Waals surface area contributed by atoms with E-state index in [0.717, 1.165) is 11.1 Å². The van der Waals surface area contributed by atoms with Gasteiger partial charge in [0.05, 0.1) is 31.3 Å². The fourth-order valence-corrected chi connectivity index (χ4v) is 2.02. The molecule has 2 aliphatic heterocycles. The van der Waals surface area contributed by atoms with Gasteiger partial charge in [0.25, 0.3) is 5.91 Å². The first-order chi connectivity index (χ1) is 9.24. The van der Waals surface area contributed by atoms with Crippen LogP contribution in [0.5, 0.6) is 0 Å². The Labute approximate surface area is 109 Å². The van der Waals surface area contributed by atoms with Crippen molar-refractivity contribution in [3.63, 3.8) is 0 Å². The van der Waals surface area contributed by atoms with Crippen molar-refractivity contribution in [3.8, 4) is 0 Å². The third-order valence-electron chi connectivity index (χ3n) is 2.94. The molecule has 6 nitrogen and oxygen atoms in total. The molecule has 1 aromatic heterocycles. The maximum atomic E-state index is 11.8. The van der Waals surface area contributed by atoms with E-state index in [2.05, 4.69) is 27.1 Å². The monoisotopic (exact) mass is 256 g/mol. The Morgan fingerprint density at radius 3 is 3.05 bits per heavy atom. The van der Waals surface area contributed by atoms with Gasteiger partial charge in [0, 0.05) is 11.3 Å². The topological polar surface area (TPSA) is 76.5 Å². The number of morpholine rings is 1. The first-order valence-electron chi connectivity index (χ1n) is 5.86. The Morgan fingerprint density at radius 2 is 2.32 bits per heavy atom. The summed E-state index contributed by atoms with van der Waals surface area (Å²) in [5, 5.41) is 10.2. The van der Waals surface area contributed by atoms with Crippen molar-refractivity contribution in [2.75, 3.05) is 13.2 Å². The van der Waals surface area contributed by atoms with Crippen molar-refractivity contribution >= 4 is 17.2 Å². The number of nitrogens with one attached hydrogen (secondary N) is 1. The molecule has 1 unspecified atom stereocenters. The van der Waals surface area contributed by atoms with Crippen molar-refractivity contribution in [1.82, 2.24) is 15.5 Å². The largest absolute Gasteiger partial charge is 0.356 e. The van der Waals surface area contributed by atoms with E-state index in [4.69, 9.17) is 4.74 Å². The van der Waals surface area contributed by atoms with Crippen molar-refractivity contribution < 1.29 is 9.53 Å². The summed E-state index contributed by atoms with van der Waals surface area (Å²) in [5.41, 5.74) is 3.17. The Hall–Kier alpha value is -2.34. The molecule has 19 heavy (non-hydrogen) atoms. The summed E-state index contributed by atoms with van der Waals surface area (Å²) in [4.78, 5) is 16.2. The van der Waals surface area contributed by atoms with Gasteiger partial charge in [0.1, 0.15) is 0 Å². The van der Waals surface area contributed by atoms with Crippen molar-refractivity contribution in [2.24, 2.45) is 4.99 Å². The molecule has 1 atom stereocenters. The van der Waals surface area contributed by atoms with Gasteiger partial charge in [-0.2, -0.15) is 10.2 Å². The molecule has 2 aliphatic rings. The molecule has 1 fully saturated rings. The maximum absolute atomic E-state index is 11.8. The van der Waals surface area contributed by atoms with Crippen LogP contribution in [0.3, 0.4) is 0 Å². The second kappa shape index (κ2) is 4.74. The van der Waals surface area contributed by atoms with Crippen LogP contribution in [0, 0.1) is 0 Å². The highest BCUT2D eigenvalue weighted by atomic mass is 16.5. The van der Waals surface area contributed by atoms with Crippen LogP contribution < -0.4 is 5.32 Å². The molecule has 0 bridgehead atoms. The summed E-state index contributed by atoms with van der Waals surface area (Å²) in [6, 6.07) is 1.86. The predicted octanol–water partition coefficient (Wildman–Crippen LogP) is 0.343. The molecule has 1 amide bonds. The molecule has 0 radical (unpaired) electrons. The van der Waals surface area contributed by atoms with E-state index in [1.165, 1.54) is 0 Å². The minimum atomic E-state index is -0.655. The van der Waals surface area contributed by atoms with Gasteiger partial charge in [0.15, 0.2) is 6.10 Å². The summed E-state index contributed by atoms with van der Waals surface area (Å²) >= 11 is 0. The zero-order chi connectivity index (χ0) is 13.2. The number of amides is 1. The van der Waals surface area contributed by atoms with Crippen LogP contribution in [0.4, 0.5) is 0 Å². The number of carbonyl (C=O) groups excluding carboxylic acids is 1. The van der Waals surface area contributed by atoms with Crippen LogP contribution in [-0.2, 0) is 9.53 Å². The van der Waals surface area contributed by atoms with Crippen LogP contribution in [-0.4, -0.2) is 41.1 Å². The minimum Gasteiger partial charge on any atom is -0.356 e. The van der Waals surface area contributed by atoms with Crippen molar-refractivity contribution in [3.05, 3.63) is 42.4 Å². The molecular formula is C13H12N4O2.